The number of likely N-dealkylation sites (N-methyl/N-ethyl adjacent to an activating group) is 1. The second-order valence-corrected chi connectivity index (χ2v) is 8.31. The fourth-order valence-electron chi connectivity index (χ4n) is 5.12. The monoisotopic (exact) mass is 433 g/mol. The normalized spacial score (nSPS) is 24.2. The molecule has 6 nitrogen and oxygen atoms in total. The number of halogens is 1. The van der Waals surface area contributed by atoms with Gasteiger partial charge in [0, 0.05) is 37.7 Å². The molecule has 3 heterocycles. The molecule has 2 unspecified atom stereocenters. The topological polar surface area (TPSA) is 53.1 Å². The molecular formula is C25H24FN3O3. The van der Waals surface area contributed by atoms with E-state index in [9.17, 15) is 14.0 Å². The standard InChI is InChI=1S/C25H24FN3O3/c1-27-13-3-4-21-22(27)16-25(18-7-11-20(32-2)12-8-18)28(14-15-29(25)24(21)31)23(30)17-5-9-19(26)10-6-17/h3-13,22H,14-16H2,1-2H3. The first-order valence-corrected chi connectivity index (χ1v) is 10.6. The van der Waals surface area contributed by atoms with E-state index in [0.29, 0.717) is 30.8 Å². The molecule has 2 aromatic rings. The molecule has 32 heavy (non-hydrogen) atoms. The Balaban J connectivity index is 1.65. The number of carbonyl (C=O) groups excluding carboxylic acids is 2. The first kappa shape index (κ1) is 20.3. The van der Waals surface area contributed by atoms with Crippen LogP contribution in [0.2, 0.25) is 0 Å². The number of ether oxygens (including phenoxy) is 1. The van der Waals surface area contributed by atoms with Gasteiger partial charge in [-0.1, -0.05) is 18.2 Å². The highest BCUT2D eigenvalue weighted by atomic mass is 19.1. The molecule has 0 aliphatic carbocycles. The molecule has 2 amide bonds. The van der Waals surface area contributed by atoms with Crippen LogP contribution in [-0.2, 0) is 10.5 Å². The Hall–Kier alpha value is -3.61. The second kappa shape index (κ2) is 7.51. The third kappa shape index (κ3) is 2.92. The molecule has 164 valence electrons. The van der Waals surface area contributed by atoms with Gasteiger partial charge in [0.25, 0.3) is 11.8 Å². The van der Waals surface area contributed by atoms with E-state index in [4.69, 9.17) is 4.74 Å². The summed E-state index contributed by atoms with van der Waals surface area (Å²) in [6.07, 6.45) is 6.22. The third-order valence-corrected chi connectivity index (χ3v) is 6.75. The van der Waals surface area contributed by atoms with Crippen LogP contribution in [0.1, 0.15) is 22.3 Å². The Bertz CT molecular complexity index is 1130. The second-order valence-electron chi connectivity index (χ2n) is 8.31. The van der Waals surface area contributed by atoms with Crippen molar-refractivity contribution in [1.82, 2.24) is 14.7 Å². The first-order chi connectivity index (χ1) is 15.5. The maximum absolute atomic E-state index is 13.7. The molecule has 2 saturated heterocycles. The van der Waals surface area contributed by atoms with Gasteiger partial charge in [-0.15, -0.1) is 0 Å². The van der Waals surface area contributed by atoms with Gasteiger partial charge in [0.05, 0.1) is 13.2 Å². The molecule has 0 bridgehead atoms. The fraction of sp³-hybridized carbons (Fsp3) is 0.280. The molecule has 7 heteroatoms. The Morgan fingerprint density at radius 3 is 2.50 bits per heavy atom. The quantitative estimate of drug-likeness (QED) is 0.747. The van der Waals surface area contributed by atoms with Crippen LogP contribution in [0.15, 0.2) is 72.5 Å². The molecule has 2 atom stereocenters. The number of hydrogen-bond donors (Lipinski definition) is 0. The maximum atomic E-state index is 13.7. The van der Waals surface area contributed by atoms with E-state index in [-0.39, 0.29) is 17.9 Å². The van der Waals surface area contributed by atoms with Gasteiger partial charge in [-0.05, 0) is 54.2 Å². The van der Waals surface area contributed by atoms with Crippen LogP contribution < -0.4 is 4.74 Å². The highest BCUT2D eigenvalue weighted by Gasteiger charge is 2.58. The predicted octanol–water partition coefficient (Wildman–Crippen LogP) is 3.13. The van der Waals surface area contributed by atoms with Crippen LogP contribution >= 0.6 is 0 Å². The lowest BCUT2D eigenvalue weighted by Gasteiger charge is -2.52. The zero-order valence-corrected chi connectivity index (χ0v) is 18.0. The summed E-state index contributed by atoms with van der Waals surface area (Å²) in [5.74, 6) is 0.0134. The number of nitrogens with zero attached hydrogens (tertiary/aromatic N) is 3. The predicted molar refractivity (Wildman–Crippen MR) is 117 cm³/mol. The molecule has 0 aromatic heterocycles. The Labute approximate surface area is 186 Å². The van der Waals surface area contributed by atoms with E-state index in [0.717, 1.165) is 11.1 Å². The number of amides is 2. The van der Waals surface area contributed by atoms with Crippen molar-refractivity contribution in [3.63, 3.8) is 0 Å². The van der Waals surface area contributed by atoms with Crippen molar-refractivity contribution in [2.24, 2.45) is 0 Å². The van der Waals surface area contributed by atoms with Gasteiger partial charge in [-0.2, -0.15) is 0 Å². The van der Waals surface area contributed by atoms with Crippen molar-refractivity contribution in [2.45, 2.75) is 18.1 Å². The van der Waals surface area contributed by atoms with Crippen molar-refractivity contribution in [1.29, 1.82) is 0 Å². The average Bonchev–Trinajstić information content (AvgIpc) is 3.21. The van der Waals surface area contributed by atoms with Gasteiger partial charge < -0.3 is 19.4 Å². The van der Waals surface area contributed by atoms with Gasteiger partial charge in [0.2, 0.25) is 0 Å². The Kier molecular flexibility index (Phi) is 4.77. The first-order valence-electron chi connectivity index (χ1n) is 10.6. The largest absolute Gasteiger partial charge is 0.497 e. The summed E-state index contributed by atoms with van der Waals surface area (Å²) in [5, 5.41) is 0. The smallest absolute Gasteiger partial charge is 0.256 e. The van der Waals surface area contributed by atoms with Crippen LogP contribution in [0.4, 0.5) is 4.39 Å². The highest BCUT2D eigenvalue weighted by molar-refractivity contribution is 6.00. The van der Waals surface area contributed by atoms with Crippen LogP contribution in [0.25, 0.3) is 0 Å². The van der Waals surface area contributed by atoms with E-state index in [1.54, 1.807) is 12.0 Å². The molecule has 5 rings (SSSR count). The SMILES string of the molecule is COc1ccc(C23CC4C(=CC=CN4C)C(=O)N2CCN3C(=O)c2ccc(F)cc2)cc1. The molecule has 0 radical (unpaired) electrons. The van der Waals surface area contributed by atoms with Crippen molar-refractivity contribution in [3.05, 3.63) is 89.4 Å². The van der Waals surface area contributed by atoms with E-state index >= 15 is 0 Å². The number of fused-ring (bicyclic) bond motifs is 2. The molecular weight excluding hydrogens is 409 g/mol. The molecule has 2 aromatic carbocycles. The minimum absolute atomic E-state index is 0.0670. The number of rotatable bonds is 3. The summed E-state index contributed by atoms with van der Waals surface area (Å²) in [6, 6.07) is 12.9. The van der Waals surface area contributed by atoms with E-state index in [1.807, 2.05) is 59.5 Å². The zero-order chi connectivity index (χ0) is 22.5. The molecule has 3 aliphatic heterocycles. The van der Waals surface area contributed by atoms with Crippen LogP contribution in [0.3, 0.4) is 0 Å². The van der Waals surface area contributed by atoms with Crippen molar-refractivity contribution in [3.8, 4) is 5.75 Å². The molecule has 2 fully saturated rings. The summed E-state index contributed by atoms with van der Waals surface area (Å²) in [7, 11) is 3.55. The number of piperidine rings is 1. The molecule has 0 N–H and O–H groups in total. The third-order valence-electron chi connectivity index (χ3n) is 6.75. The summed E-state index contributed by atoms with van der Waals surface area (Å²) in [6.45, 7) is 0.820. The van der Waals surface area contributed by atoms with Crippen LogP contribution in [0, 0.1) is 5.82 Å². The fourth-order valence-corrected chi connectivity index (χ4v) is 5.12. The van der Waals surface area contributed by atoms with Crippen molar-refractivity contribution in [2.75, 3.05) is 27.2 Å². The van der Waals surface area contributed by atoms with Crippen molar-refractivity contribution < 1.29 is 18.7 Å². The molecule has 3 aliphatic rings. The van der Waals surface area contributed by atoms with E-state index in [2.05, 4.69) is 0 Å². The summed E-state index contributed by atoms with van der Waals surface area (Å²) < 4.78 is 18.8. The van der Waals surface area contributed by atoms with E-state index in [1.165, 1.54) is 24.3 Å². The molecule has 0 saturated carbocycles. The minimum atomic E-state index is -0.948. The highest BCUT2D eigenvalue weighted by Crippen LogP contribution is 2.48. The number of allylic oxidation sites excluding steroid dienone is 2. The summed E-state index contributed by atoms with van der Waals surface area (Å²) in [4.78, 5) is 32.9. The Morgan fingerprint density at radius 2 is 1.81 bits per heavy atom. The zero-order valence-electron chi connectivity index (χ0n) is 18.0. The van der Waals surface area contributed by atoms with Gasteiger partial charge in [0.15, 0.2) is 0 Å². The lowest BCUT2D eigenvalue weighted by molar-refractivity contribution is -0.141. The number of methoxy groups -OCH3 is 1. The summed E-state index contributed by atoms with van der Waals surface area (Å²) in [5.41, 5.74) is 1.03. The molecule has 0 spiro atoms. The lowest BCUT2D eigenvalue weighted by atomic mass is 9.81. The average molecular weight is 433 g/mol. The minimum Gasteiger partial charge on any atom is -0.497 e. The van der Waals surface area contributed by atoms with Crippen LogP contribution in [0.5, 0.6) is 5.75 Å². The number of hydrogen-bond acceptors (Lipinski definition) is 4. The number of benzene rings is 2. The van der Waals surface area contributed by atoms with Crippen LogP contribution in [-0.4, -0.2) is 59.8 Å². The van der Waals surface area contributed by atoms with E-state index < -0.39 is 11.5 Å². The van der Waals surface area contributed by atoms with Crippen molar-refractivity contribution >= 4 is 11.8 Å². The lowest BCUT2D eigenvalue weighted by Crippen LogP contribution is -2.62. The Morgan fingerprint density at radius 1 is 1.09 bits per heavy atom. The number of carbonyl (C=O) groups is 2. The maximum Gasteiger partial charge on any atom is 0.256 e. The van der Waals surface area contributed by atoms with Gasteiger partial charge in [-0.25, -0.2) is 4.39 Å². The van der Waals surface area contributed by atoms with Gasteiger partial charge in [0.1, 0.15) is 17.2 Å². The van der Waals surface area contributed by atoms with Gasteiger partial charge >= 0.3 is 0 Å². The van der Waals surface area contributed by atoms with Gasteiger partial charge in [-0.3, -0.25) is 9.59 Å². The summed E-state index contributed by atoms with van der Waals surface area (Å²) >= 11 is 0.